The van der Waals surface area contributed by atoms with Crippen LogP contribution in [0.15, 0.2) is 114 Å². The highest BCUT2D eigenvalue weighted by molar-refractivity contribution is 7.78. The second kappa shape index (κ2) is 30.3. The van der Waals surface area contributed by atoms with Crippen molar-refractivity contribution in [3.05, 3.63) is 144 Å². The summed E-state index contributed by atoms with van der Waals surface area (Å²) in [6, 6.07) is 28.2. The number of isothiocyanates is 1. The number of hydrogen-bond acceptors (Lipinski definition) is 14. The van der Waals surface area contributed by atoms with Gasteiger partial charge in [-0.3, -0.25) is 29.4 Å². The van der Waals surface area contributed by atoms with Gasteiger partial charge in [-0.05, 0) is 135 Å². The zero-order valence-electron chi connectivity index (χ0n) is 46.1. The van der Waals surface area contributed by atoms with Crippen LogP contribution in [0.1, 0.15) is 103 Å². The first-order valence-corrected chi connectivity index (χ1v) is 26.6. The Morgan fingerprint density at radius 1 is 0.701 bits per heavy atom. The number of halogens is 2. The summed E-state index contributed by atoms with van der Waals surface area (Å²) in [4.78, 5) is 46.1. The van der Waals surface area contributed by atoms with Crippen LogP contribution < -0.4 is 25.8 Å². The van der Waals surface area contributed by atoms with E-state index in [2.05, 4.69) is 99.3 Å². The number of ether oxygens (including phenoxy) is 2. The molecule has 77 heavy (non-hydrogen) atoms. The van der Waals surface area contributed by atoms with Crippen molar-refractivity contribution in [2.24, 2.45) is 12.0 Å². The van der Waals surface area contributed by atoms with Crippen LogP contribution >= 0.6 is 12.2 Å². The number of nitrogens with zero attached hydrogens (tertiary/aromatic N) is 7. The first kappa shape index (κ1) is 60.4. The van der Waals surface area contributed by atoms with Gasteiger partial charge < -0.3 is 30.4 Å². The second-order valence-electron chi connectivity index (χ2n) is 19.1. The molecule has 3 heterocycles. The molecule has 0 amide bonds. The van der Waals surface area contributed by atoms with Crippen LogP contribution in [0, 0.1) is 11.6 Å². The van der Waals surface area contributed by atoms with Gasteiger partial charge in [0, 0.05) is 50.8 Å². The summed E-state index contributed by atoms with van der Waals surface area (Å²) < 4.78 is 41.4. The fraction of sp³-hybridized carbons (Fsp3) is 0.367. The van der Waals surface area contributed by atoms with Crippen molar-refractivity contribution in [3.63, 3.8) is 0 Å². The van der Waals surface area contributed by atoms with Gasteiger partial charge in [0.15, 0.2) is 11.6 Å². The summed E-state index contributed by atoms with van der Waals surface area (Å²) in [5.74, 6) is 3.28. The average molecular weight is 1070 g/mol. The summed E-state index contributed by atoms with van der Waals surface area (Å²) in [6.07, 6.45) is 5.94. The quantitative estimate of drug-likeness (QED) is 0.0298. The number of nitrogens with two attached hydrogens (primary N) is 1. The predicted octanol–water partition coefficient (Wildman–Crippen LogP) is 13.6. The topological polar surface area (TPSA) is 165 Å². The van der Waals surface area contributed by atoms with Crippen molar-refractivity contribution in [3.8, 4) is 23.0 Å². The molecule has 0 radical (unpaired) electrons. The van der Waals surface area contributed by atoms with Crippen LogP contribution in [0.4, 0.5) is 37.5 Å². The molecule has 4 N–H and O–H groups in total. The third kappa shape index (κ3) is 18.7. The molecule has 0 atom stereocenters. The van der Waals surface area contributed by atoms with Crippen molar-refractivity contribution < 1.29 is 27.8 Å². The minimum absolute atomic E-state index is 0.134. The minimum atomic E-state index is -0.359. The fourth-order valence-corrected chi connectivity index (χ4v) is 8.28. The highest BCUT2D eigenvalue weighted by Crippen LogP contribution is 2.31. The van der Waals surface area contributed by atoms with E-state index in [1.165, 1.54) is 12.1 Å². The number of Topliss-reactive ketones (excluding diaryl/α,β-unsaturated/α-hetero) is 2. The number of ketones is 2. The molecular formula is C60H74F2N10O4S. The van der Waals surface area contributed by atoms with Gasteiger partial charge in [0.1, 0.15) is 40.3 Å². The monoisotopic (exact) mass is 1070 g/mol. The van der Waals surface area contributed by atoms with Gasteiger partial charge in [0.25, 0.3) is 0 Å². The van der Waals surface area contributed by atoms with E-state index in [1.807, 2.05) is 68.9 Å². The van der Waals surface area contributed by atoms with Gasteiger partial charge in [-0.25, -0.2) is 13.8 Å². The number of rotatable bonds is 24. The third-order valence-electron chi connectivity index (χ3n) is 12.4. The Morgan fingerprint density at radius 2 is 1.22 bits per heavy atom. The molecule has 0 spiro atoms. The standard InChI is InChI=1S/C30H36FN5O2.C20H28N4O2.C10H10FNS/c1-6-14-36(7-2)19-23(37)16-22-17-25(12-13-32-22)38-24-9-11-29-28(18-24)34-30(35(29)5)33-27-15-21(20(3)4)8-10-26(27)31;1-4-10-24(5-2)14-16(25)11-15-12-18(8-9-23-15)26-17-6-7-20(22-3)19(21)13-17;1-7(2)8-3-4-9(11)10(5-8)12-6-13/h8-13,15,17-18,20H,6-7,14,16,19H2,1-5H3,(H,33,34);6-9,12-13,22H,4-5,10-11,14,21H2,1-3H3;3-5,7H,1-2H3. The van der Waals surface area contributed by atoms with Crippen LogP contribution in [0.2, 0.25) is 0 Å². The lowest BCUT2D eigenvalue weighted by molar-refractivity contribution is -0.120. The number of aryl methyl sites for hydroxylation is 1. The number of pyridine rings is 2. The lowest BCUT2D eigenvalue weighted by atomic mass is 10.0. The summed E-state index contributed by atoms with van der Waals surface area (Å²) >= 11 is 4.42. The van der Waals surface area contributed by atoms with E-state index < -0.39 is 0 Å². The number of likely N-dealkylation sites (N-methyl/N-ethyl adjacent to an activating group) is 2. The van der Waals surface area contributed by atoms with Crippen molar-refractivity contribution in [1.29, 1.82) is 0 Å². The molecule has 0 aliphatic heterocycles. The maximum Gasteiger partial charge on any atom is 0.208 e. The molecule has 0 aliphatic carbocycles. The lowest BCUT2D eigenvalue weighted by Gasteiger charge is -2.18. The highest BCUT2D eigenvalue weighted by atomic mass is 32.1. The molecule has 0 saturated heterocycles. The van der Waals surface area contributed by atoms with Gasteiger partial charge >= 0.3 is 0 Å². The number of aliphatic imine (C=N–C) groups is 1. The van der Waals surface area contributed by atoms with Gasteiger partial charge in [0.2, 0.25) is 5.95 Å². The molecule has 4 aromatic carbocycles. The molecule has 0 fully saturated rings. The fourth-order valence-electron chi connectivity index (χ4n) is 8.18. The van der Waals surface area contributed by atoms with Gasteiger partial charge in [-0.15, -0.1) is 0 Å². The number of carbonyl (C=O) groups is 2. The Hall–Kier alpha value is -7.43. The summed E-state index contributed by atoms with van der Waals surface area (Å²) in [5.41, 5.74) is 13.2. The number of imidazole rings is 1. The van der Waals surface area contributed by atoms with Gasteiger partial charge in [-0.2, -0.15) is 4.99 Å². The van der Waals surface area contributed by atoms with E-state index in [0.29, 0.717) is 82.7 Å². The number of hydrogen-bond donors (Lipinski definition) is 3. The van der Waals surface area contributed by atoms with Crippen LogP contribution in [-0.4, -0.2) is 92.4 Å². The van der Waals surface area contributed by atoms with E-state index in [-0.39, 0.29) is 41.2 Å². The number of benzene rings is 4. The van der Waals surface area contributed by atoms with Crippen LogP contribution in [0.25, 0.3) is 11.0 Å². The van der Waals surface area contributed by atoms with Crippen molar-refractivity contribution in [2.45, 2.75) is 92.9 Å². The minimum Gasteiger partial charge on any atom is -0.457 e. The van der Waals surface area contributed by atoms with Gasteiger partial charge in [0.05, 0.1) is 70.6 Å². The first-order chi connectivity index (χ1) is 37.0. The number of thiocarbonyl (C=S) groups is 1. The van der Waals surface area contributed by atoms with Crippen molar-refractivity contribution in [1.82, 2.24) is 29.3 Å². The normalized spacial score (nSPS) is 11.0. The molecule has 408 valence electrons. The number of nitrogen functional groups attached to an aromatic ring is 1. The zero-order chi connectivity index (χ0) is 56.0. The zero-order valence-corrected chi connectivity index (χ0v) is 46.9. The first-order valence-electron chi connectivity index (χ1n) is 26.2. The molecule has 14 nitrogen and oxygen atoms in total. The SMILES string of the molecule is CC(C)c1ccc(F)c(N=C=S)c1.CCCN(CC)CC(=O)Cc1cc(Oc2ccc(NC)c(N)c2)ccn1.CCCN(CC)CC(=O)Cc1cc(Oc2ccc3c(c2)nc(Nc2cc(C(C)C)ccc2F)n3C)ccn1. The Labute approximate surface area is 458 Å². The number of fused-ring (bicyclic) bond motifs is 1. The molecule has 17 heteroatoms. The van der Waals surface area contributed by atoms with E-state index >= 15 is 0 Å². The van der Waals surface area contributed by atoms with E-state index in [4.69, 9.17) is 15.2 Å². The molecule has 7 aromatic rings. The largest absolute Gasteiger partial charge is 0.457 e. The molecule has 3 aromatic heterocycles. The smallest absolute Gasteiger partial charge is 0.208 e. The maximum absolute atomic E-state index is 14.5. The number of aromatic nitrogens is 4. The van der Waals surface area contributed by atoms with Crippen LogP contribution in [-0.2, 0) is 29.5 Å². The van der Waals surface area contributed by atoms with Crippen LogP contribution in [0.3, 0.4) is 0 Å². The summed E-state index contributed by atoms with van der Waals surface area (Å²) in [5, 5.41) is 8.31. The van der Waals surface area contributed by atoms with Crippen molar-refractivity contribution >= 4 is 68.7 Å². The molecule has 0 unspecified atom stereocenters. The number of nitrogens with one attached hydrogen (secondary N) is 2. The molecule has 0 aliphatic rings. The third-order valence-corrected chi connectivity index (χ3v) is 12.5. The maximum atomic E-state index is 14.5. The Morgan fingerprint density at radius 3 is 1.73 bits per heavy atom. The van der Waals surface area contributed by atoms with Gasteiger partial charge in [-0.1, -0.05) is 67.5 Å². The summed E-state index contributed by atoms with van der Waals surface area (Å²) in [7, 11) is 3.70. The van der Waals surface area contributed by atoms with E-state index in [1.54, 1.807) is 60.9 Å². The highest BCUT2D eigenvalue weighted by Gasteiger charge is 2.16. The Bertz CT molecular complexity index is 3110. The lowest BCUT2D eigenvalue weighted by Crippen LogP contribution is -2.31. The Balaban J connectivity index is 0.000000241. The number of carbonyl (C=O) groups excluding carboxylic acids is 2. The average Bonchev–Trinajstić information content (AvgIpc) is 3.72. The molecule has 0 bridgehead atoms. The van der Waals surface area contributed by atoms with Crippen molar-refractivity contribution in [2.75, 3.05) is 62.7 Å². The summed E-state index contributed by atoms with van der Waals surface area (Å²) in [6.45, 7) is 21.0. The molecule has 0 saturated carbocycles. The van der Waals surface area contributed by atoms with Crippen LogP contribution in [0.5, 0.6) is 23.0 Å². The number of anilines is 4. The molecule has 7 rings (SSSR count). The molecular weight excluding hydrogens is 995 g/mol. The second-order valence-corrected chi connectivity index (χ2v) is 19.3. The predicted molar refractivity (Wildman–Crippen MR) is 311 cm³/mol. The van der Waals surface area contributed by atoms with E-state index in [0.717, 1.165) is 61.4 Å². The van der Waals surface area contributed by atoms with E-state index in [9.17, 15) is 18.4 Å². The Kier molecular flexibility index (Phi) is 23.8.